The molecule has 0 radical (unpaired) electrons. The van der Waals surface area contributed by atoms with Gasteiger partial charge in [-0.05, 0) is 19.3 Å². The molecular weight excluding hydrogens is 344 g/mol. The molecule has 0 aliphatic heterocycles. The van der Waals surface area contributed by atoms with Crippen LogP contribution in [0.3, 0.4) is 0 Å². The van der Waals surface area contributed by atoms with Gasteiger partial charge in [0.1, 0.15) is 0 Å². The van der Waals surface area contributed by atoms with E-state index in [0.717, 1.165) is 38.5 Å². The van der Waals surface area contributed by atoms with Crippen LogP contribution in [-0.4, -0.2) is 35.9 Å². The van der Waals surface area contributed by atoms with E-state index < -0.39 is 17.5 Å². The third-order valence-electron chi connectivity index (χ3n) is 4.89. The molecule has 1 N–H and O–H groups in total. The molecule has 0 aliphatic rings. The summed E-state index contributed by atoms with van der Waals surface area (Å²) in [5.74, 6) is -1.25. The Morgan fingerprint density at radius 3 is 1.63 bits per heavy atom. The monoisotopic (exact) mass is 386 g/mol. The van der Waals surface area contributed by atoms with Crippen molar-refractivity contribution in [2.75, 3.05) is 13.2 Å². The van der Waals surface area contributed by atoms with Crippen LogP contribution < -0.4 is 0 Å². The van der Waals surface area contributed by atoms with Gasteiger partial charge < -0.3 is 14.6 Å². The molecule has 0 aliphatic carbocycles. The largest absolute Gasteiger partial charge is 0.466 e. The topological polar surface area (TPSA) is 72.8 Å². The van der Waals surface area contributed by atoms with E-state index >= 15 is 0 Å². The normalized spacial score (nSPS) is 13.2. The van der Waals surface area contributed by atoms with Gasteiger partial charge in [-0.15, -0.1) is 0 Å². The molecule has 0 bridgehead atoms. The van der Waals surface area contributed by atoms with Crippen molar-refractivity contribution in [3.8, 4) is 0 Å². The Bertz CT molecular complexity index is 383. The van der Waals surface area contributed by atoms with E-state index in [9.17, 15) is 14.7 Å². The minimum atomic E-state index is -1.78. The molecular formula is C22H42O5. The van der Waals surface area contributed by atoms with Gasteiger partial charge in [-0.1, -0.05) is 85.0 Å². The smallest absolute Gasteiger partial charge is 0.338 e. The molecule has 27 heavy (non-hydrogen) atoms. The molecule has 0 heterocycles. The Labute approximate surface area is 166 Å². The molecule has 0 spiro atoms. The number of unbranched alkanes of at least 4 members (excludes halogenated alkanes) is 10. The first kappa shape index (κ1) is 25.9. The fourth-order valence-electron chi connectivity index (χ4n) is 2.88. The highest BCUT2D eigenvalue weighted by atomic mass is 16.6. The number of carbonyl (C=O) groups is 2. The lowest BCUT2D eigenvalue weighted by Gasteiger charge is -2.23. The van der Waals surface area contributed by atoms with Gasteiger partial charge in [-0.25, -0.2) is 4.79 Å². The van der Waals surface area contributed by atoms with Gasteiger partial charge in [0.25, 0.3) is 0 Å². The number of ether oxygens (including phenoxy) is 2. The number of esters is 2. The molecule has 1 atom stereocenters. The minimum absolute atomic E-state index is 0.133. The first-order valence-electron chi connectivity index (χ1n) is 11.0. The molecule has 0 rings (SSSR count). The second kappa shape index (κ2) is 17.0. The predicted molar refractivity (Wildman–Crippen MR) is 109 cm³/mol. The molecule has 0 aromatic rings. The molecule has 0 aromatic heterocycles. The Morgan fingerprint density at radius 2 is 1.15 bits per heavy atom. The van der Waals surface area contributed by atoms with Crippen LogP contribution in [0.1, 0.15) is 111 Å². The Balaban J connectivity index is 3.96. The number of hydrogen-bond acceptors (Lipinski definition) is 5. The number of rotatable bonds is 18. The van der Waals surface area contributed by atoms with Crippen LogP contribution in [0, 0.1) is 0 Å². The summed E-state index contributed by atoms with van der Waals surface area (Å²) >= 11 is 0. The summed E-state index contributed by atoms with van der Waals surface area (Å²) in [6.07, 6.45) is 13.0. The van der Waals surface area contributed by atoms with Crippen molar-refractivity contribution in [3.05, 3.63) is 0 Å². The van der Waals surface area contributed by atoms with Gasteiger partial charge in [0.2, 0.25) is 0 Å². The highest BCUT2D eigenvalue weighted by Crippen LogP contribution is 2.19. The van der Waals surface area contributed by atoms with Crippen molar-refractivity contribution in [2.45, 2.75) is 116 Å². The van der Waals surface area contributed by atoms with Crippen molar-refractivity contribution in [2.24, 2.45) is 0 Å². The van der Waals surface area contributed by atoms with E-state index in [4.69, 9.17) is 9.47 Å². The van der Waals surface area contributed by atoms with E-state index in [0.29, 0.717) is 13.2 Å². The molecule has 0 aromatic carbocycles. The molecule has 0 saturated heterocycles. The van der Waals surface area contributed by atoms with Crippen LogP contribution >= 0.6 is 0 Å². The third-order valence-corrected chi connectivity index (χ3v) is 4.89. The van der Waals surface area contributed by atoms with E-state index in [2.05, 4.69) is 13.8 Å². The Morgan fingerprint density at radius 1 is 0.704 bits per heavy atom. The average Bonchev–Trinajstić information content (AvgIpc) is 2.66. The molecule has 0 fully saturated rings. The Hall–Kier alpha value is -1.10. The summed E-state index contributed by atoms with van der Waals surface area (Å²) in [5, 5.41) is 10.5. The maximum absolute atomic E-state index is 12.2. The van der Waals surface area contributed by atoms with Crippen LogP contribution in [0.4, 0.5) is 0 Å². The first-order valence-corrected chi connectivity index (χ1v) is 11.0. The highest BCUT2D eigenvalue weighted by Gasteiger charge is 2.38. The SMILES string of the molecule is CCCCCCCCOC(=O)CC(O)(CC)C(=O)OCCCCCCCC. The van der Waals surface area contributed by atoms with Crippen LogP contribution in [0.5, 0.6) is 0 Å². The van der Waals surface area contributed by atoms with Crippen molar-refractivity contribution >= 4 is 11.9 Å². The zero-order valence-electron chi connectivity index (χ0n) is 17.9. The lowest BCUT2D eigenvalue weighted by atomic mass is 9.97. The highest BCUT2D eigenvalue weighted by molar-refractivity contribution is 5.85. The second-order valence-electron chi connectivity index (χ2n) is 7.45. The quantitative estimate of drug-likeness (QED) is 0.255. The van der Waals surface area contributed by atoms with Crippen molar-refractivity contribution in [1.29, 1.82) is 0 Å². The standard InChI is InChI=1S/C22H42O5/c1-4-7-9-11-13-15-17-26-20(23)19-22(25,6-3)21(24)27-18-16-14-12-10-8-5-2/h25H,4-19H2,1-3H3. The first-order chi connectivity index (χ1) is 13.0. The van der Waals surface area contributed by atoms with Gasteiger partial charge in [0, 0.05) is 0 Å². The molecule has 1 unspecified atom stereocenters. The van der Waals surface area contributed by atoms with Crippen LogP contribution in [-0.2, 0) is 19.1 Å². The summed E-state index contributed by atoms with van der Waals surface area (Å²) in [7, 11) is 0. The van der Waals surface area contributed by atoms with Gasteiger partial charge >= 0.3 is 11.9 Å². The molecule has 5 heteroatoms. The number of carbonyl (C=O) groups excluding carboxylic acids is 2. The number of aliphatic hydroxyl groups is 1. The zero-order chi connectivity index (χ0) is 20.4. The lowest BCUT2D eigenvalue weighted by Crippen LogP contribution is -2.42. The van der Waals surface area contributed by atoms with E-state index in [-0.39, 0.29) is 12.8 Å². The third kappa shape index (κ3) is 13.7. The van der Waals surface area contributed by atoms with Gasteiger partial charge in [-0.3, -0.25) is 4.79 Å². The minimum Gasteiger partial charge on any atom is -0.466 e. The maximum atomic E-state index is 12.2. The fourth-order valence-corrected chi connectivity index (χ4v) is 2.88. The van der Waals surface area contributed by atoms with Crippen LogP contribution in [0.15, 0.2) is 0 Å². The van der Waals surface area contributed by atoms with Crippen molar-refractivity contribution < 1.29 is 24.2 Å². The summed E-state index contributed by atoms with van der Waals surface area (Å²) in [6.45, 7) is 6.66. The summed E-state index contributed by atoms with van der Waals surface area (Å²) in [5.41, 5.74) is -1.78. The molecule has 160 valence electrons. The molecule has 5 nitrogen and oxygen atoms in total. The van der Waals surface area contributed by atoms with Gasteiger partial charge in [-0.2, -0.15) is 0 Å². The van der Waals surface area contributed by atoms with Crippen LogP contribution in [0.2, 0.25) is 0 Å². The van der Waals surface area contributed by atoms with Gasteiger partial charge in [0.15, 0.2) is 5.60 Å². The summed E-state index contributed by atoms with van der Waals surface area (Å²) in [4.78, 5) is 24.1. The average molecular weight is 387 g/mol. The fraction of sp³-hybridized carbons (Fsp3) is 0.909. The molecule has 0 amide bonds. The summed E-state index contributed by atoms with van der Waals surface area (Å²) < 4.78 is 10.4. The maximum Gasteiger partial charge on any atom is 0.338 e. The van der Waals surface area contributed by atoms with Crippen molar-refractivity contribution in [3.63, 3.8) is 0 Å². The summed E-state index contributed by atoms with van der Waals surface area (Å²) in [6, 6.07) is 0. The molecule has 0 saturated carbocycles. The lowest BCUT2D eigenvalue weighted by molar-refractivity contribution is -0.173. The number of hydrogen-bond donors (Lipinski definition) is 1. The second-order valence-corrected chi connectivity index (χ2v) is 7.45. The van der Waals surface area contributed by atoms with E-state index in [1.54, 1.807) is 6.92 Å². The van der Waals surface area contributed by atoms with Crippen LogP contribution in [0.25, 0.3) is 0 Å². The Kier molecular flexibility index (Phi) is 16.3. The van der Waals surface area contributed by atoms with E-state index in [1.807, 2.05) is 0 Å². The zero-order valence-corrected chi connectivity index (χ0v) is 17.9. The van der Waals surface area contributed by atoms with Crippen molar-refractivity contribution in [1.82, 2.24) is 0 Å². The van der Waals surface area contributed by atoms with E-state index in [1.165, 1.54) is 38.5 Å². The predicted octanol–water partition coefficient (Wildman–Crippen LogP) is 5.33. The van der Waals surface area contributed by atoms with Gasteiger partial charge in [0.05, 0.1) is 19.6 Å².